The van der Waals surface area contributed by atoms with E-state index in [4.69, 9.17) is 10.5 Å². The van der Waals surface area contributed by atoms with Crippen molar-refractivity contribution < 1.29 is 4.74 Å². The van der Waals surface area contributed by atoms with Crippen LogP contribution in [0.15, 0.2) is 22.7 Å². The van der Waals surface area contributed by atoms with Crippen LogP contribution in [-0.4, -0.2) is 25.8 Å². The molecule has 0 aromatic heterocycles. The Morgan fingerprint density at radius 3 is 2.67 bits per heavy atom. The van der Waals surface area contributed by atoms with Crippen molar-refractivity contribution in [3.8, 4) is 0 Å². The highest BCUT2D eigenvalue weighted by Crippen LogP contribution is 2.26. The normalized spacial score (nSPS) is 17.2. The van der Waals surface area contributed by atoms with E-state index in [0.717, 1.165) is 42.6 Å². The molecular formula is C14H21BrN2O. The number of anilines is 1. The number of nitrogens with zero attached hydrogens (tertiary/aromatic N) is 1. The van der Waals surface area contributed by atoms with Gasteiger partial charge in [0.1, 0.15) is 0 Å². The Morgan fingerprint density at radius 2 is 2.11 bits per heavy atom. The molecule has 100 valence electrons. The highest BCUT2D eigenvalue weighted by atomic mass is 79.9. The Kier molecular flexibility index (Phi) is 5.03. The van der Waals surface area contributed by atoms with Gasteiger partial charge in [-0.3, -0.25) is 0 Å². The van der Waals surface area contributed by atoms with Gasteiger partial charge in [-0.05, 0) is 37.5 Å². The Bertz CT molecular complexity index is 389. The van der Waals surface area contributed by atoms with Crippen molar-refractivity contribution >= 4 is 21.6 Å². The molecule has 3 nitrogen and oxygen atoms in total. The van der Waals surface area contributed by atoms with Gasteiger partial charge in [-0.1, -0.05) is 22.0 Å². The third-order valence-electron chi connectivity index (χ3n) is 3.47. The largest absolute Gasteiger partial charge is 0.378 e. The predicted molar refractivity (Wildman–Crippen MR) is 78.9 cm³/mol. The van der Waals surface area contributed by atoms with Crippen LogP contribution in [0, 0.1) is 0 Å². The van der Waals surface area contributed by atoms with E-state index >= 15 is 0 Å². The SMILES string of the molecule is CCOC1CCN(c2ccc(CN)c(Br)c2)CC1. The first-order valence-electron chi connectivity index (χ1n) is 6.59. The first-order chi connectivity index (χ1) is 8.74. The zero-order chi connectivity index (χ0) is 13.0. The fourth-order valence-corrected chi connectivity index (χ4v) is 2.94. The fraction of sp³-hybridized carbons (Fsp3) is 0.571. The summed E-state index contributed by atoms with van der Waals surface area (Å²) in [6.45, 7) is 5.60. The smallest absolute Gasteiger partial charge is 0.0608 e. The Morgan fingerprint density at radius 1 is 1.39 bits per heavy atom. The van der Waals surface area contributed by atoms with Gasteiger partial charge < -0.3 is 15.4 Å². The second-order valence-corrected chi connectivity index (χ2v) is 5.48. The van der Waals surface area contributed by atoms with Crippen LogP contribution in [0.4, 0.5) is 5.69 Å². The van der Waals surface area contributed by atoms with E-state index in [0.29, 0.717) is 12.6 Å². The lowest BCUT2D eigenvalue weighted by atomic mass is 10.1. The van der Waals surface area contributed by atoms with Gasteiger partial charge in [0, 0.05) is 36.4 Å². The number of piperidine rings is 1. The molecule has 0 amide bonds. The zero-order valence-electron chi connectivity index (χ0n) is 10.9. The second kappa shape index (κ2) is 6.55. The molecule has 0 atom stereocenters. The Balaban J connectivity index is 1.99. The van der Waals surface area contributed by atoms with Gasteiger partial charge in [0.25, 0.3) is 0 Å². The number of hydrogen-bond donors (Lipinski definition) is 1. The van der Waals surface area contributed by atoms with Crippen molar-refractivity contribution in [3.05, 3.63) is 28.2 Å². The lowest BCUT2D eigenvalue weighted by Crippen LogP contribution is -2.37. The van der Waals surface area contributed by atoms with Crippen molar-refractivity contribution in [1.82, 2.24) is 0 Å². The van der Waals surface area contributed by atoms with Crippen molar-refractivity contribution in [3.63, 3.8) is 0 Å². The molecule has 4 heteroatoms. The summed E-state index contributed by atoms with van der Waals surface area (Å²) in [5, 5.41) is 0. The quantitative estimate of drug-likeness (QED) is 0.929. The van der Waals surface area contributed by atoms with Gasteiger partial charge in [-0.25, -0.2) is 0 Å². The lowest BCUT2D eigenvalue weighted by molar-refractivity contribution is 0.0459. The van der Waals surface area contributed by atoms with Crippen molar-refractivity contribution in [2.24, 2.45) is 5.73 Å². The number of ether oxygens (including phenoxy) is 1. The van der Waals surface area contributed by atoms with E-state index in [-0.39, 0.29) is 0 Å². The molecule has 0 radical (unpaired) electrons. The van der Waals surface area contributed by atoms with E-state index in [9.17, 15) is 0 Å². The number of halogens is 1. The van der Waals surface area contributed by atoms with E-state index in [1.165, 1.54) is 5.69 Å². The molecule has 1 aromatic carbocycles. The molecule has 1 fully saturated rings. The van der Waals surface area contributed by atoms with Gasteiger partial charge >= 0.3 is 0 Å². The second-order valence-electron chi connectivity index (χ2n) is 4.62. The minimum absolute atomic E-state index is 0.443. The molecule has 0 saturated carbocycles. The van der Waals surface area contributed by atoms with Crippen LogP contribution in [0.3, 0.4) is 0 Å². The number of hydrogen-bond acceptors (Lipinski definition) is 3. The van der Waals surface area contributed by atoms with Gasteiger partial charge in [0.2, 0.25) is 0 Å². The number of nitrogens with two attached hydrogens (primary N) is 1. The van der Waals surface area contributed by atoms with Crippen LogP contribution < -0.4 is 10.6 Å². The minimum Gasteiger partial charge on any atom is -0.378 e. The van der Waals surface area contributed by atoms with Crippen LogP contribution in [0.1, 0.15) is 25.3 Å². The molecule has 1 aromatic rings. The maximum atomic E-state index is 5.67. The van der Waals surface area contributed by atoms with E-state index in [1.807, 2.05) is 0 Å². The topological polar surface area (TPSA) is 38.5 Å². The van der Waals surface area contributed by atoms with Gasteiger partial charge in [-0.2, -0.15) is 0 Å². The highest BCUT2D eigenvalue weighted by molar-refractivity contribution is 9.10. The summed E-state index contributed by atoms with van der Waals surface area (Å²) in [4.78, 5) is 2.42. The Hall–Kier alpha value is -0.580. The molecule has 1 aliphatic rings. The molecule has 0 unspecified atom stereocenters. The standard InChI is InChI=1S/C14H21BrN2O/c1-2-18-13-5-7-17(8-6-13)12-4-3-11(10-16)14(15)9-12/h3-4,9,13H,2,5-8,10,16H2,1H3. The average Bonchev–Trinajstić information content (AvgIpc) is 2.40. The zero-order valence-corrected chi connectivity index (χ0v) is 12.4. The predicted octanol–water partition coefficient (Wildman–Crippen LogP) is 2.91. The molecule has 1 aliphatic heterocycles. The molecule has 2 N–H and O–H groups in total. The molecule has 18 heavy (non-hydrogen) atoms. The van der Waals surface area contributed by atoms with Gasteiger partial charge in [0.05, 0.1) is 6.10 Å². The van der Waals surface area contributed by atoms with Crippen molar-refractivity contribution in [2.75, 3.05) is 24.6 Å². The maximum absolute atomic E-state index is 5.67. The third kappa shape index (κ3) is 3.25. The lowest BCUT2D eigenvalue weighted by Gasteiger charge is -2.33. The van der Waals surface area contributed by atoms with Crippen molar-refractivity contribution in [2.45, 2.75) is 32.4 Å². The summed E-state index contributed by atoms with van der Waals surface area (Å²) < 4.78 is 6.78. The molecule has 2 rings (SSSR count). The van der Waals surface area contributed by atoms with Crippen molar-refractivity contribution in [1.29, 1.82) is 0 Å². The summed E-state index contributed by atoms with van der Waals surface area (Å²) >= 11 is 3.58. The third-order valence-corrected chi connectivity index (χ3v) is 4.20. The minimum atomic E-state index is 0.443. The van der Waals surface area contributed by atoms with Crippen LogP contribution >= 0.6 is 15.9 Å². The highest BCUT2D eigenvalue weighted by Gasteiger charge is 2.19. The molecule has 0 aliphatic carbocycles. The van der Waals surface area contributed by atoms with E-state index in [2.05, 4.69) is 46.0 Å². The molecular weight excluding hydrogens is 292 g/mol. The van der Waals surface area contributed by atoms with Gasteiger partial charge in [-0.15, -0.1) is 0 Å². The van der Waals surface area contributed by atoms with E-state index < -0.39 is 0 Å². The number of rotatable bonds is 4. The molecule has 1 heterocycles. The average molecular weight is 313 g/mol. The maximum Gasteiger partial charge on any atom is 0.0608 e. The summed E-state index contributed by atoms with van der Waals surface area (Å²) in [5.74, 6) is 0. The monoisotopic (exact) mass is 312 g/mol. The summed E-state index contributed by atoms with van der Waals surface area (Å²) in [6.07, 6.45) is 2.67. The fourth-order valence-electron chi connectivity index (χ4n) is 2.41. The molecule has 0 bridgehead atoms. The van der Waals surface area contributed by atoms with Crippen LogP contribution in [-0.2, 0) is 11.3 Å². The van der Waals surface area contributed by atoms with Gasteiger partial charge in [0.15, 0.2) is 0 Å². The summed E-state index contributed by atoms with van der Waals surface area (Å²) in [5.41, 5.74) is 8.10. The summed E-state index contributed by atoms with van der Waals surface area (Å²) in [6, 6.07) is 6.44. The first-order valence-corrected chi connectivity index (χ1v) is 7.39. The summed E-state index contributed by atoms with van der Waals surface area (Å²) in [7, 11) is 0. The van der Waals surface area contributed by atoms with E-state index in [1.54, 1.807) is 0 Å². The van der Waals surface area contributed by atoms with Crippen LogP contribution in [0.2, 0.25) is 0 Å². The first kappa shape index (κ1) is 13.8. The molecule has 0 spiro atoms. The Labute approximate surface area is 117 Å². The molecule has 1 saturated heterocycles. The van der Waals surface area contributed by atoms with Crippen LogP contribution in [0.25, 0.3) is 0 Å². The van der Waals surface area contributed by atoms with Crippen LogP contribution in [0.5, 0.6) is 0 Å². The number of benzene rings is 1.